The number of hydrazone groups is 1. The molecule has 2 aromatic carbocycles. The smallest absolute Gasteiger partial charge is 0.431 e. The van der Waals surface area contributed by atoms with E-state index in [9.17, 15) is 9.59 Å². The maximum Gasteiger partial charge on any atom is 0.431 e. The summed E-state index contributed by atoms with van der Waals surface area (Å²) in [6.07, 6.45) is 0.267. The van der Waals surface area contributed by atoms with Crippen molar-refractivity contribution in [3.8, 4) is 11.5 Å². The Morgan fingerprint density at radius 2 is 1.89 bits per heavy atom. The zero-order valence-corrected chi connectivity index (χ0v) is 20.6. The first kappa shape index (κ1) is 24.3. The number of carbonyl (C=O) groups excluding carboxylic acids is 2. The van der Waals surface area contributed by atoms with Crippen LogP contribution in [0.25, 0.3) is 0 Å². The lowest BCUT2D eigenvalue weighted by molar-refractivity contribution is 0.0741. The van der Waals surface area contributed by atoms with Crippen molar-refractivity contribution in [3.63, 3.8) is 0 Å². The number of rotatable bonds is 9. The van der Waals surface area contributed by atoms with Gasteiger partial charge in [-0.3, -0.25) is 4.79 Å². The molecule has 1 atom stereocenters. The molecular weight excluding hydrogens is 466 g/mol. The highest BCUT2D eigenvalue weighted by atomic mass is 32.1. The third-order valence-electron chi connectivity index (χ3n) is 5.61. The highest BCUT2D eigenvalue weighted by molar-refractivity contribution is 7.12. The van der Waals surface area contributed by atoms with Crippen LogP contribution in [0.4, 0.5) is 10.5 Å². The molecule has 1 aliphatic heterocycles. The Labute approximate surface area is 208 Å². The van der Waals surface area contributed by atoms with Crippen molar-refractivity contribution in [2.24, 2.45) is 5.10 Å². The summed E-state index contributed by atoms with van der Waals surface area (Å²) in [5.74, 6) is 1.06. The number of hydrogen-bond donors (Lipinski definition) is 1. The van der Waals surface area contributed by atoms with E-state index in [0.717, 1.165) is 11.1 Å². The summed E-state index contributed by atoms with van der Waals surface area (Å²) < 4.78 is 16.4. The van der Waals surface area contributed by atoms with Gasteiger partial charge in [0.1, 0.15) is 11.8 Å². The van der Waals surface area contributed by atoms with Crippen molar-refractivity contribution in [1.82, 2.24) is 5.01 Å². The first-order valence-corrected chi connectivity index (χ1v) is 12.1. The fraction of sp³-hybridized carbons (Fsp3) is 0.269. The third-order valence-corrected chi connectivity index (χ3v) is 6.48. The molecule has 0 saturated carbocycles. The van der Waals surface area contributed by atoms with Crippen molar-refractivity contribution in [1.29, 1.82) is 0 Å². The van der Waals surface area contributed by atoms with Gasteiger partial charge in [-0.1, -0.05) is 25.1 Å². The normalized spacial score (nSPS) is 15.3. The predicted octanol–water partition coefficient (Wildman–Crippen LogP) is 5.20. The third kappa shape index (κ3) is 5.63. The molecule has 0 radical (unpaired) electrons. The minimum Gasteiger partial charge on any atom is -0.493 e. The van der Waals surface area contributed by atoms with Crippen LogP contribution in [0, 0.1) is 0 Å². The molecule has 35 heavy (non-hydrogen) atoms. The number of carbonyl (C=O) groups is 2. The molecular formula is C26H27N3O5S. The number of amides is 2. The summed E-state index contributed by atoms with van der Waals surface area (Å²) >= 11 is 1.39. The first-order chi connectivity index (χ1) is 17.0. The lowest BCUT2D eigenvalue weighted by atomic mass is 10.0. The number of methoxy groups -OCH3 is 2. The molecule has 0 fully saturated rings. The number of ether oxygens (including phenoxy) is 3. The number of cyclic esters (lactones) is 1. The molecule has 9 heteroatoms. The maximum atomic E-state index is 12.6. The van der Waals surface area contributed by atoms with E-state index in [1.165, 1.54) is 16.3 Å². The molecule has 1 aromatic heterocycles. The van der Waals surface area contributed by atoms with Crippen LogP contribution in [0.2, 0.25) is 0 Å². The number of thiophene rings is 1. The molecule has 3 aromatic rings. The van der Waals surface area contributed by atoms with E-state index >= 15 is 0 Å². The summed E-state index contributed by atoms with van der Waals surface area (Å²) in [5, 5.41) is 10.7. The minimum absolute atomic E-state index is 0.133. The van der Waals surface area contributed by atoms with Gasteiger partial charge in [0.2, 0.25) is 0 Å². The lowest BCUT2D eigenvalue weighted by Crippen LogP contribution is -2.42. The van der Waals surface area contributed by atoms with Crippen LogP contribution in [0.5, 0.6) is 11.5 Å². The van der Waals surface area contributed by atoms with E-state index in [1.54, 1.807) is 20.3 Å². The predicted molar refractivity (Wildman–Crippen MR) is 136 cm³/mol. The number of benzene rings is 2. The lowest BCUT2D eigenvalue weighted by Gasteiger charge is -2.29. The van der Waals surface area contributed by atoms with Crippen molar-refractivity contribution >= 4 is 34.7 Å². The Kier molecular flexibility index (Phi) is 7.67. The molecule has 0 spiro atoms. The van der Waals surface area contributed by atoms with Crippen LogP contribution in [-0.4, -0.2) is 49.6 Å². The molecule has 8 nitrogen and oxygen atoms in total. The monoisotopic (exact) mass is 493 g/mol. The second-order valence-corrected chi connectivity index (χ2v) is 8.78. The summed E-state index contributed by atoms with van der Waals surface area (Å²) in [6, 6.07) is 16.7. The molecule has 182 valence electrons. The van der Waals surface area contributed by atoms with Gasteiger partial charge >= 0.3 is 6.09 Å². The number of anilines is 1. The number of nitrogens with zero attached hydrogens (tertiary/aromatic N) is 2. The van der Waals surface area contributed by atoms with Gasteiger partial charge in [-0.2, -0.15) is 10.1 Å². The molecule has 1 aliphatic rings. The van der Waals surface area contributed by atoms with Crippen LogP contribution >= 0.6 is 11.3 Å². The van der Waals surface area contributed by atoms with Crippen molar-refractivity contribution in [2.75, 3.05) is 26.1 Å². The van der Waals surface area contributed by atoms with Gasteiger partial charge in [0.05, 0.1) is 25.6 Å². The number of nitrogens with one attached hydrogen (secondary N) is 1. The van der Waals surface area contributed by atoms with E-state index in [2.05, 4.69) is 10.4 Å². The standard InChI is InChI=1S/C26H27N3O5S/c1-4-20-24(18-9-12-21(32-2)22(16-18)33-3)28-29(26(31)34-20)14-13-17-7-10-19(11-8-17)27-25(30)23-6-5-15-35-23/h5-12,15-16,20H,4,13-14H2,1-3H3,(H,27,30). The van der Waals surface area contributed by atoms with Crippen LogP contribution in [-0.2, 0) is 11.2 Å². The summed E-state index contributed by atoms with van der Waals surface area (Å²) in [4.78, 5) is 25.5. The van der Waals surface area contributed by atoms with Crippen LogP contribution < -0.4 is 14.8 Å². The quantitative estimate of drug-likeness (QED) is 0.443. The SMILES string of the molecule is CCC1OC(=O)N(CCc2ccc(NC(=O)c3cccs3)cc2)N=C1c1ccc(OC)c(OC)c1. The molecule has 1 N–H and O–H groups in total. The highest BCUT2D eigenvalue weighted by Crippen LogP contribution is 2.30. The largest absolute Gasteiger partial charge is 0.493 e. The van der Waals surface area contributed by atoms with E-state index in [-0.39, 0.29) is 5.91 Å². The van der Waals surface area contributed by atoms with E-state index in [0.29, 0.717) is 47.2 Å². The Bertz CT molecular complexity index is 1210. The molecule has 1 unspecified atom stereocenters. The van der Waals surface area contributed by atoms with Gasteiger partial charge in [-0.15, -0.1) is 11.3 Å². The van der Waals surface area contributed by atoms with E-state index in [4.69, 9.17) is 14.2 Å². The van der Waals surface area contributed by atoms with Gasteiger partial charge in [0, 0.05) is 11.3 Å². The molecule has 0 saturated heterocycles. The van der Waals surface area contributed by atoms with Gasteiger partial charge in [-0.25, -0.2) is 4.79 Å². The van der Waals surface area contributed by atoms with Gasteiger partial charge in [0.15, 0.2) is 11.5 Å². The molecule has 2 heterocycles. The van der Waals surface area contributed by atoms with Crippen molar-refractivity contribution in [3.05, 3.63) is 76.0 Å². The van der Waals surface area contributed by atoms with E-state index < -0.39 is 12.2 Å². The average molecular weight is 494 g/mol. The molecule has 2 amide bonds. The Morgan fingerprint density at radius 3 is 2.54 bits per heavy atom. The van der Waals surface area contributed by atoms with Crippen LogP contribution in [0.15, 0.2) is 65.1 Å². The van der Waals surface area contributed by atoms with Gasteiger partial charge in [0.25, 0.3) is 5.91 Å². The Morgan fingerprint density at radius 1 is 1.11 bits per heavy atom. The summed E-state index contributed by atoms with van der Waals surface area (Å²) in [5.41, 5.74) is 3.19. The Hall–Kier alpha value is -3.85. The molecule has 4 rings (SSSR count). The zero-order chi connectivity index (χ0) is 24.8. The Balaban J connectivity index is 1.45. The fourth-order valence-electron chi connectivity index (χ4n) is 3.72. The van der Waals surface area contributed by atoms with Crippen molar-refractivity contribution < 1.29 is 23.8 Å². The first-order valence-electron chi connectivity index (χ1n) is 11.2. The average Bonchev–Trinajstić information content (AvgIpc) is 3.43. The summed E-state index contributed by atoms with van der Waals surface area (Å²) in [6.45, 7) is 2.30. The van der Waals surface area contributed by atoms with Crippen molar-refractivity contribution in [2.45, 2.75) is 25.9 Å². The second-order valence-electron chi connectivity index (χ2n) is 7.84. The minimum atomic E-state index is -0.471. The fourth-order valence-corrected chi connectivity index (χ4v) is 4.34. The highest BCUT2D eigenvalue weighted by Gasteiger charge is 2.31. The maximum absolute atomic E-state index is 12.6. The molecule has 0 bridgehead atoms. The van der Waals surface area contributed by atoms with Crippen LogP contribution in [0.1, 0.15) is 34.1 Å². The van der Waals surface area contributed by atoms with Crippen LogP contribution in [0.3, 0.4) is 0 Å². The summed E-state index contributed by atoms with van der Waals surface area (Å²) in [7, 11) is 3.16. The zero-order valence-electron chi connectivity index (χ0n) is 19.8. The van der Waals surface area contributed by atoms with Gasteiger partial charge in [-0.05, 0) is 60.2 Å². The van der Waals surface area contributed by atoms with E-state index in [1.807, 2.05) is 60.8 Å². The second kappa shape index (κ2) is 11.1. The molecule has 0 aliphatic carbocycles. The van der Waals surface area contributed by atoms with Gasteiger partial charge < -0.3 is 19.5 Å². The number of hydrogen-bond acceptors (Lipinski definition) is 7. The topological polar surface area (TPSA) is 89.5 Å².